The standard InChI is InChI=1S/C18H24F2N2OS2/c19-16-4-1-3-14(18(16)20)11-17(23)22-6-2-5-21(7-8-22)15-12-24-9-10-25-13-15/h1,3-4,15H,2,5-13H2. The van der Waals surface area contributed by atoms with Gasteiger partial charge in [-0.15, -0.1) is 0 Å². The van der Waals surface area contributed by atoms with Crippen LogP contribution < -0.4 is 0 Å². The maximum atomic E-state index is 13.8. The quantitative estimate of drug-likeness (QED) is 0.797. The summed E-state index contributed by atoms with van der Waals surface area (Å²) in [7, 11) is 0. The summed E-state index contributed by atoms with van der Waals surface area (Å²) in [5.41, 5.74) is 0.141. The van der Waals surface area contributed by atoms with Crippen molar-refractivity contribution in [2.75, 3.05) is 49.2 Å². The highest BCUT2D eigenvalue weighted by atomic mass is 32.2. The van der Waals surface area contributed by atoms with Gasteiger partial charge in [0.1, 0.15) is 0 Å². The number of hydrogen-bond donors (Lipinski definition) is 0. The zero-order valence-corrected chi connectivity index (χ0v) is 15.9. The van der Waals surface area contributed by atoms with Crippen LogP contribution in [0.5, 0.6) is 0 Å². The molecule has 0 spiro atoms. The first-order valence-corrected chi connectivity index (χ1v) is 11.1. The first-order chi connectivity index (χ1) is 12.1. The first-order valence-electron chi connectivity index (χ1n) is 8.75. The summed E-state index contributed by atoms with van der Waals surface area (Å²) in [5, 5.41) is 0. The molecule has 25 heavy (non-hydrogen) atoms. The average Bonchev–Trinajstić information content (AvgIpc) is 3.01. The number of nitrogens with zero attached hydrogens (tertiary/aromatic N) is 2. The Kier molecular flexibility index (Phi) is 7.01. The second kappa shape index (κ2) is 9.24. The molecule has 1 aromatic carbocycles. The summed E-state index contributed by atoms with van der Waals surface area (Å²) in [6.07, 6.45) is 0.863. The fourth-order valence-electron chi connectivity index (χ4n) is 3.33. The highest BCUT2D eigenvalue weighted by Gasteiger charge is 2.25. The SMILES string of the molecule is O=C(Cc1cccc(F)c1F)N1CCCN(C2CSCCSC2)CC1. The van der Waals surface area contributed by atoms with Crippen molar-refractivity contribution in [1.82, 2.24) is 9.80 Å². The van der Waals surface area contributed by atoms with E-state index < -0.39 is 11.6 Å². The smallest absolute Gasteiger partial charge is 0.227 e. The summed E-state index contributed by atoms with van der Waals surface area (Å²) in [4.78, 5) is 16.8. The fraction of sp³-hybridized carbons (Fsp3) is 0.611. The van der Waals surface area contributed by atoms with E-state index in [0.717, 1.165) is 37.1 Å². The van der Waals surface area contributed by atoms with E-state index in [1.165, 1.54) is 23.6 Å². The number of carbonyl (C=O) groups is 1. The van der Waals surface area contributed by atoms with Crippen LogP contribution in [0.15, 0.2) is 18.2 Å². The molecule has 0 aromatic heterocycles. The number of amides is 1. The molecule has 0 radical (unpaired) electrons. The van der Waals surface area contributed by atoms with Gasteiger partial charge in [-0.05, 0) is 12.5 Å². The molecule has 1 aromatic rings. The molecule has 138 valence electrons. The molecule has 7 heteroatoms. The molecule has 2 aliphatic heterocycles. The molecule has 0 atom stereocenters. The Balaban J connectivity index is 1.56. The summed E-state index contributed by atoms with van der Waals surface area (Å²) in [5.74, 6) is 2.86. The second-order valence-corrected chi connectivity index (χ2v) is 8.76. The first kappa shape index (κ1) is 19.0. The minimum atomic E-state index is -0.903. The normalized spacial score (nSPS) is 21.0. The summed E-state index contributed by atoms with van der Waals surface area (Å²) >= 11 is 4.03. The van der Waals surface area contributed by atoms with Crippen LogP contribution in [0.4, 0.5) is 8.78 Å². The van der Waals surface area contributed by atoms with Gasteiger partial charge in [-0.25, -0.2) is 8.78 Å². The fourth-order valence-corrected chi connectivity index (χ4v) is 5.95. The van der Waals surface area contributed by atoms with Gasteiger partial charge in [0.15, 0.2) is 11.6 Å². The van der Waals surface area contributed by atoms with Crippen LogP contribution in [0.3, 0.4) is 0 Å². The Morgan fingerprint density at radius 1 is 1.08 bits per heavy atom. The molecule has 0 aliphatic carbocycles. The van der Waals surface area contributed by atoms with Crippen LogP contribution in [0.25, 0.3) is 0 Å². The van der Waals surface area contributed by atoms with Crippen LogP contribution in [0, 0.1) is 11.6 Å². The molecular weight excluding hydrogens is 362 g/mol. The lowest BCUT2D eigenvalue weighted by Crippen LogP contribution is -2.42. The lowest BCUT2D eigenvalue weighted by atomic mass is 10.1. The molecule has 0 unspecified atom stereocenters. The Labute approximate surface area is 156 Å². The predicted molar refractivity (Wildman–Crippen MR) is 101 cm³/mol. The van der Waals surface area contributed by atoms with Crippen molar-refractivity contribution in [3.8, 4) is 0 Å². The topological polar surface area (TPSA) is 23.6 Å². The van der Waals surface area contributed by atoms with Crippen molar-refractivity contribution >= 4 is 29.4 Å². The average molecular weight is 387 g/mol. The summed E-state index contributed by atoms with van der Waals surface area (Å²) in [6, 6.07) is 4.59. The van der Waals surface area contributed by atoms with Gasteiger partial charge in [-0.1, -0.05) is 12.1 Å². The third-order valence-corrected chi connectivity index (χ3v) is 7.25. The maximum absolute atomic E-state index is 13.8. The van der Waals surface area contributed by atoms with Crippen LogP contribution in [0.2, 0.25) is 0 Å². The van der Waals surface area contributed by atoms with E-state index >= 15 is 0 Å². The predicted octanol–water partition coefficient (Wildman–Crippen LogP) is 2.89. The van der Waals surface area contributed by atoms with Gasteiger partial charge in [0, 0.05) is 60.8 Å². The minimum absolute atomic E-state index is 0.0707. The van der Waals surface area contributed by atoms with Crippen LogP contribution in [-0.2, 0) is 11.2 Å². The lowest BCUT2D eigenvalue weighted by Gasteiger charge is -2.29. The second-order valence-electron chi connectivity index (χ2n) is 6.46. The molecular formula is C18H24F2N2OS2. The van der Waals surface area contributed by atoms with Gasteiger partial charge in [0.2, 0.25) is 5.91 Å². The van der Waals surface area contributed by atoms with Crippen LogP contribution in [0.1, 0.15) is 12.0 Å². The third-order valence-electron chi connectivity index (χ3n) is 4.77. The van der Waals surface area contributed by atoms with E-state index in [2.05, 4.69) is 4.90 Å². The van der Waals surface area contributed by atoms with Crippen molar-refractivity contribution in [2.24, 2.45) is 0 Å². The number of hydrogen-bond acceptors (Lipinski definition) is 4. The van der Waals surface area contributed by atoms with E-state index in [9.17, 15) is 13.6 Å². The van der Waals surface area contributed by atoms with Gasteiger partial charge in [-0.2, -0.15) is 23.5 Å². The minimum Gasteiger partial charge on any atom is -0.341 e. The zero-order valence-electron chi connectivity index (χ0n) is 14.3. The van der Waals surface area contributed by atoms with E-state index in [1.54, 1.807) is 4.90 Å². The van der Waals surface area contributed by atoms with Gasteiger partial charge in [0.25, 0.3) is 0 Å². The van der Waals surface area contributed by atoms with Crippen molar-refractivity contribution in [3.05, 3.63) is 35.4 Å². The van der Waals surface area contributed by atoms with E-state index in [-0.39, 0.29) is 17.9 Å². The Bertz CT molecular complexity index is 594. The van der Waals surface area contributed by atoms with Crippen molar-refractivity contribution in [3.63, 3.8) is 0 Å². The van der Waals surface area contributed by atoms with Crippen LogP contribution in [-0.4, -0.2) is 70.9 Å². The number of halogens is 2. The molecule has 2 heterocycles. The molecule has 1 amide bonds. The summed E-state index contributed by atoms with van der Waals surface area (Å²) < 4.78 is 27.1. The molecule has 2 fully saturated rings. The van der Waals surface area contributed by atoms with E-state index in [4.69, 9.17) is 0 Å². The largest absolute Gasteiger partial charge is 0.341 e. The van der Waals surface area contributed by atoms with Gasteiger partial charge < -0.3 is 4.90 Å². The molecule has 2 aliphatic rings. The van der Waals surface area contributed by atoms with Crippen molar-refractivity contribution in [1.29, 1.82) is 0 Å². The molecule has 3 nitrogen and oxygen atoms in total. The lowest BCUT2D eigenvalue weighted by molar-refractivity contribution is -0.130. The number of carbonyl (C=O) groups excluding carboxylic acids is 1. The van der Waals surface area contributed by atoms with Gasteiger partial charge >= 0.3 is 0 Å². The van der Waals surface area contributed by atoms with Gasteiger partial charge in [-0.3, -0.25) is 9.69 Å². The van der Waals surface area contributed by atoms with Crippen molar-refractivity contribution in [2.45, 2.75) is 18.9 Å². The third kappa shape index (κ3) is 5.11. The Hall–Kier alpha value is -0.790. The molecule has 3 rings (SSSR count). The maximum Gasteiger partial charge on any atom is 0.227 e. The molecule has 0 saturated carbocycles. The highest BCUT2D eigenvalue weighted by Crippen LogP contribution is 2.22. The monoisotopic (exact) mass is 386 g/mol. The molecule has 0 N–H and O–H groups in total. The highest BCUT2D eigenvalue weighted by molar-refractivity contribution is 8.03. The Morgan fingerprint density at radius 2 is 1.84 bits per heavy atom. The van der Waals surface area contributed by atoms with E-state index in [1.807, 2.05) is 23.5 Å². The number of benzene rings is 1. The number of rotatable bonds is 3. The summed E-state index contributed by atoms with van der Waals surface area (Å²) in [6.45, 7) is 3.23. The molecule has 0 bridgehead atoms. The van der Waals surface area contributed by atoms with Crippen LogP contribution >= 0.6 is 23.5 Å². The van der Waals surface area contributed by atoms with E-state index in [0.29, 0.717) is 19.1 Å². The Morgan fingerprint density at radius 3 is 2.60 bits per heavy atom. The molecule has 2 saturated heterocycles. The number of thioether (sulfide) groups is 2. The van der Waals surface area contributed by atoms with Crippen molar-refractivity contribution < 1.29 is 13.6 Å². The van der Waals surface area contributed by atoms with Gasteiger partial charge in [0.05, 0.1) is 6.42 Å². The zero-order chi connectivity index (χ0) is 17.6.